The number of thiazole rings is 1. The van der Waals surface area contributed by atoms with Gasteiger partial charge < -0.3 is 9.64 Å². The lowest BCUT2D eigenvalue weighted by molar-refractivity contribution is -0.120. The minimum atomic E-state index is -0.171. The molecule has 1 fully saturated rings. The summed E-state index contributed by atoms with van der Waals surface area (Å²) in [6.07, 6.45) is 3.90. The molecule has 1 aliphatic rings. The molecule has 0 saturated carbocycles. The van der Waals surface area contributed by atoms with Gasteiger partial charge in [0.2, 0.25) is 5.91 Å². The molecular formula is C17H20N4O2S2. The van der Waals surface area contributed by atoms with Gasteiger partial charge in [0, 0.05) is 23.4 Å². The first-order valence-corrected chi connectivity index (χ1v) is 10.1. The zero-order valence-corrected chi connectivity index (χ0v) is 15.6. The molecule has 1 aliphatic heterocycles. The summed E-state index contributed by atoms with van der Waals surface area (Å²) in [6, 6.07) is 7.99. The van der Waals surface area contributed by atoms with Crippen LogP contribution in [0.4, 0.5) is 5.13 Å². The molecule has 8 heteroatoms. The highest BCUT2D eigenvalue weighted by molar-refractivity contribution is 7.98. The largest absolute Gasteiger partial charge is 0.378 e. The van der Waals surface area contributed by atoms with Gasteiger partial charge in [-0.1, -0.05) is 12.1 Å². The zero-order valence-electron chi connectivity index (χ0n) is 14.0. The van der Waals surface area contributed by atoms with Crippen molar-refractivity contribution < 1.29 is 9.53 Å². The summed E-state index contributed by atoms with van der Waals surface area (Å²) >= 11 is 3.25. The molecule has 1 N–H and O–H groups in total. The molecule has 3 rings (SSSR count). The minimum absolute atomic E-state index is 0.171. The van der Waals surface area contributed by atoms with E-state index in [4.69, 9.17) is 4.74 Å². The molecule has 0 unspecified atom stereocenters. The van der Waals surface area contributed by atoms with Crippen molar-refractivity contribution in [2.45, 2.75) is 11.3 Å². The first-order chi connectivity index (χ1) is 12.2. The number of carbonyl (C=O) groups excluding carboxylic acids is 1. The van der Waals surface area contributed by atoms with Crippen molar-refractivity contribution in [1.82, 2.24) is 10.4 Å². The summed E-state index contributed by atoms with van der Waals surface area (Å²) in [5.74, 6) is -0.171. The quantitative estimate of drug-likeness (QED) is 0.476. The fourth-order valence-corrected chi connectivity index (χ4v) is 3.64. The smallest absolute Gasteiger partial charge is 0.246 e. The highest BCUT2D eigenvalue weighted by atomic mass is 32.2. The normalized spacial score (nSPS) is 14.8. The molecule has 2 heterocycles. The Morgan fingerprint density at radius 1 is 1.40 bits per heavy atom. The van der Waals surface area contributed by atoms with Crippen LogP contribution < -0.4 is 10.3 Å². The Hall–Kier alpha value is -1.90. The molecule has 132 valence electrons. The Labute approximate surface area is 155 Å². The number of anilines is 1. The fourth-order valence-electron chi connectivity index (χ4n) is 2.35. The van der Waals surface area contributed by atoms with E-state index in [9.17, 15) is 4.79 Å². The number of nitrogens with one attached hydrogen (secondary N) is 1. The monoisotopic (exact) mass is 376 g/mol. The van der Waals surface area contributed by atoms with Gasteiger partial charge in [0.15, 0.2) is 5.13 Å². The second-order valence-electron chi connectivity index (χ2n) is 5.46. The topological polar surface area (TPSA) is 66.8 Å². The van der Waals surface area contributed by atoms with E-state index in [0.29, 0.717) is 0 Å². The van der Waals surface area contributed by atoms with Crippen LogP contribution in [0.1, 0.15) is 11.3 Å². The molecule has 0 bridgehead atoms. The number of rotatable bonds is 6. The molecule has 2 aromatic rings. The van der Waals surface area contributed by atoms with Crippen molar-refractivity contribution in [1.29, 1.82) is 0 Å². The van der Waals surface area contributed by atoms with E-state index in [1.807, 2.05) is 35.9 Å². The van der Waals surface area contributed by atoms with Crippen molar-refractivity contribution in [3.05, 3.63) is 40.9 Å². The van der Waals surface area contributed by atoms with E-state index < -0.39 is 0 Å². The molecule has 6 nitrogen and oxygen atoms in total. The lowest BCUT2D eigenvalue weighted by Gasteiger charge is -2.26. The molecule has 1 saturated heterocycles. The number of hydrazone groups is 1. The fraction of sp³-hybridized carbons (Fsp3) is 0.353. The number of morpholine rings is 1. The van der Waals surface area contributed by atoms with Crippen LogP contribution in [0.5, 0.6) is 0 Å². The van der Waals surface area contributed by atoms with Crippen LogP contribution in [0.15, 0.2) is 39.6 Å². The average molecular weight is 377 g/mol. The number of carbonyl (C=O) groups is 1. The Balaban J connectivity index is 1.48. The van der Waals surface area contributed by atoms with Crippen molar-refractivity contribution in [3.8, 4) is 0 Å². The number of amides is 1. The summed E-state index contributed by atoms with van der Waals surface area (Å²) in [7, 11) is 0. The molecular weight excluding hydrogens is 356 g/mol. The molecule has 0 radical (unpaired) electrons. The maximum atomic E-state index is 12.0. The summed E-state index contributed by atoms with van der Waals surface area (Å²) in [5.41, 5.74) is 4.27. The van der Waals surface area contributed by atoms with Crippen LogP contribution in [0.25, 0.3) is 0 Å². The van der Waals surface area contributed by atoms with Gasteiger partial charge in [-0.3, -0.25) is 4.79 Å². The Kier molecular flexibility index (Phi) is 6.43. The van der Waals surface area contributed by atoms with E-state index >= 15 is 0 Å². The Bertz CT molecular complexity index is 725. The number of thioether (sulfide) groups is 1. The lowest BCUT2D eigenvalue weighted by atomic mass is 10.2. The van der Waals surface area contributed by atoms with E-state index in [1.165, 1.54) is 4.90 Å². The molecule has 0 aliphatic carbocycles. The Morgan fingerprint density at radius 2 is 2.16 bits per heavy atom. The Morgan fingerprint density at radius 3 is 2.88 bits per heavy atom. The third kappa shape index (κ3) is 5.29. The second-order valence-corrected chi connectivity index (χ2v) is 7.18. The third-order valence-corrected chi connectivity index (χ3v) is 5.38. The second kappa shape index (κ2) is 8.98. The van der Waals surface area contributed by atoms with Gasteiger partial charge in [-0.2, -0.15) is 5.10 Å². The number of benzene rings is 1. The number of hydrogen-bond acceptors (Lipinski definition) is 7. The highest BCUT2D eigenvalue weighted by Gasteiger charge is 2.15. The molecule has 1 aromatic heterocycles. The highest BCUT2D eigenvalue weighted by Crippen LogP contribution is 2.21. The maximum absolute atomic E-state index is 12.0. The predicted molar refractivity (Wildman–Crippen MR) is 103 cm³/mol. The summed E-state index contributed by atoms with van der Waals surface area (Å²) in [5, 5.41) is 6.88. The van der Waals surface area contributed by atoms with E-state index in [-0.39, 0.29) is 12.3 Å². The summed E-state index contributed by atoms with van der Waals surface area (Å²) in [4.78, 5) is 19.9. The molecule has 1 amide bonds. The van der Waals surface area contributed by atoms with Gasteiger partial charge in [-0.25, -0.2) is 10.4 Å². The number of nitrogens with zero attached hydrogens (tertiary/aromatic N) is 3. The molecule has 0 spiro atoms. The van der Waals surface area contributed by atoms with Crippen LogP contribution in [0.2, 0.25) is 0 Å². The third-order valence-electron chi connectivity index (χ3n) is 3.68. The van der Waals surface area contributed by atoms with Crippen molar-refractivity contribution in [2.75, 3.05) is 37.5 Å². The van der Waals surface area contributed by atoms with Gasteiger partial charge in [-0.15, -0.1) is 23.1 Å². The zero-order chi connectivity index (χ0) is 17.5. The molecule has 0 atom stereocenters. The lowest BCUT2D eigenvalue weighted by Crippen LogP contribution is -2.36. The van der Waals surface area contributed by atoms with Gasteiger partial charge in [0.25, 0.3) is 0 Å². The van der Waals surface area contributed by atoms with Crippen LogP contribution in [0.3, 0.4) is 0 Å². The van der Waals surface area contributed by atoms with Crippen LogP contribution >= 0.6 is 23.1 Å². The molecule has 1 aromatic carbocycles. The standard InChI is InChI=1S/C17H20N4O2S2/c1-24-15-4-2-13(3-5-15)11-18-20-16(22)10-14-12-25-17(19-14)21-6-8-23-9-7-21/h2-5,11-12H,6-10H2,1H3,(H,20,22)/b18-11-. The van der Waals surface area contributed by atoms with Crippen LogP contribution in [-0.4, -0.2) is 49.7 Å². The van der Waals surface area contributed by atoms with Gasteiger partial charge in [-0.05, 0) is 24.0 Å². The van der Waals surface area contributed by atoms with Crippen molar-refractivity contribution >= 4 is 40.4 Å². The SMILES string of the molecule is CSc1ccc(/C=N\NC(=O)Cc2csc(N3CCOCC3)n2)cc1. The first-order valence-electron chi connectivity index (χ1n) is 7.97. The summed E-state index contributed by atoms with van der Waals surface area (Å²) in [6.45, 7) is 3.14. The average Bonchev–Trinajstić information content (AvgIpc) is 3.11. The van der Waals surface area contributed by atoms with Crippen molar-refractivity contribution in [2.24, 2.45) is 5.10 Å². The minimum Gasteiger partial charge on any atom is -0.378 e. The van der Waals surface area contributed by atoms with Gasteiger partial charge in [0.05, 0.1) is 31.5 Å². The number of hydrogen-bond donors (Lipinski definition) is 1. The van der Waals surface area contributed by atoms with E-state index in [0.717, 1.165) is 42.7 Å². The van der Waals surface area contributed by atoms with E-state index in [1.54, 1.807) is 29.3 Å². The maximum Gasteiger partial charge on any atom is 0.246 e. The summed E-state index contributed by atoms with van der Waals surface area (Å²) < 4.78 is 5.34. The van der Waals surface area contributed by atoms with Gasteiger partial charge >= 0.3 is 0 Å². The van der Waals surface area contributed by atoms with Crippen LogP contribution in [-0.2, 0) is 16.0 Å². The van der Waals surface area contributed by atoms with Crippen molar-refractivity contribution in [3.63, 3.8) is 0 Å². The predicted octanol–water partition coefficient (Wildman–Crippen LogP) is 2.39. The molecule has 25 heavy (non-hydrogen) atoms. The number of ether oxygens (including phenoxy) is 1. The number of aromatic nitrogens is 1. The first kappa shape index (κ1) is 17.9. The van der Waals surface area contributed by atoms with Crippen LogP contribution in [0, 0.1) is 0 Å². The van der Waals surface area contributed by atoms with E-state index in [2.05, 4.69) is 20.4 Å². The van der Waals surface area contributed by atoms with Gasteiger partial charge in [0.1, 0.15) is 0 Å².